The molecule has 0 spiro atoms. The number of hydrogen-bond acceptors (Lipinski definition) is 7. The maximum atomic E-state index is 12.4. The molecule has 0 fully saturated rings. The molecule has 0 bridgehead atoms. The molecule has 4 rings (SSSR count). The second-order valence-electron chi connectivity index (χ2n) is 7.44. The second kappa shape index (κ2) is 10.4. The van der Waals surface area contributed by atoms with Gasteiger partial charge in [0.15, 0.2) is 11.5 Å². The maximum absolute atomic E-state index is 12.4. The van der Waals surface area contributed by atoms with E-state index >= 15 is 0 Å². The predicted molar refractivity (Wildman–Crippen MR) is 129 cm³/mol. The van der Waals surface area contributed by atoms with Gasteiger partial charge in [-0.1, -0.05) is 6.07 Å². The fraction of sp³-hybridized carbons (Fsp3) is 0.333. The van der Waals surface area contributed by atoms with Crippen LogP contribution in [0.5, 0.6) is 11.5 Å². The lowest BCUT2D eigenvalue weighted by molar-refractivity contribution is -0.119. The average molecular weight is 471 g/mol. The maximum Gasteiger partial charge on any atom is 0.230 e. The summed E-state index contributed by atoms with van der Waals surface area (Å²) < 4.78 is 17.0. The fourth-order valence-corrected chi connectivity index (χ4v) is 4.60. The van der Waals surface area contributed by atoms with E-state index in [-0.39, 0.29) is 11.9 Å². The molecule has 8 heteroatoms. The number of aromatic nitrogens is 1. The van der Waals surface area contributed by atoms with Crippen LogP contribution >= 0.6 is 23.5 Å². The van der Waals surface area contributed by atoms with Gasteiger partial charge in [0, 0.05) is 16.2 Å². The summed E-state index contributed by atoms with van der Waals surface area (Å²) in [5.41, 5.74) is 2.80. The van der Waals surface area contributed by atoms with Gasteiger partial charge in [-0.15, -0.1) is 23.5 Å². The highest BCUT2D eigenvalue weighted by molar-refractivity contribution is 7.99. The van der Waals surface area contributed by atoms with Crippen molar-refractivity contribution in [2.45, 2.75) is 30.5 Å². The molecule has 2 aromatic carbocycles. The van der Waals surface area contributed by atoms with Crippen molar-refractivity contribution in [1.82, 2.24) is 10.3 Å². The van der Waals surface area contributed by atoms with Crippen molar-refractivity contribution < 1.29 is 18.7 Å². The van der Waals surface area contributed by atoms with E-state index in [9.17, 15) is 4.79 Å². The Labute approximate surface area is 196 Å². The summed E-state index contributed by atoms with van der Waals surface area (Å²) in [6.07, 6.45) is 2.05. The molecule has 1 amide bonds. The van der Waals surface area contributed by atoms with Crippen molar-refractivity contribution in [3.63, 3.8) is 0 Å². The quantitative estimate of drug-likeness (QED) is 0.451. The van der Waals surface area contributed by atoms with Gasteiger partial charge < -0.3 is 19.2 Å². The first-order valence-electron chi connectivity index (χ1n) is 10.4. The third-order valence-corrected chi connectivity index (χ3v) is 6.83. The molecule has 0 unspecified atom stereocenters. The van der Waals surface area contributed by atoms with Gasteiger partial charge in [-0.2, -0.15) is 0 Å². The van der Waals surface area contributed by atoms with Gasteiger partial charge >= 0.3 is 0 Å². The molecule has 3 aromatic rings. The van der Waals surface area contributed by atoms with Gasteiger partial charge in [-0.25, -0.2) is 4.98 Å². The normalized spacial score (nSPS) is 13.6. The minimum Gasteiger partial charge on any atom is -0.486 e. The number of benzene rings is 2. The van der Waals surface area contributed by atoms with Crippen LogP contribution < -0.4 is 14.8 Å². The molecule has 2 heterocycles. The summed E-state index contributed by atoms with van der Waals surface area (Å²) in [7, 11) is 0. The zero-order valence-electron chi connectivity index (χ0n) is 18.3. The SMILES string of the molecule is CSc1ccc(-c2nc(CSCC(=O)N[C@H](C)c3ccc4c(c3)OCCO4)c(C)o2)cc1. The Balaban J connectivity index is 1.28. The molecule has 168 valence electrons. The lowest BCUT2D eigenvalue weighted by Crippen LogP contribution is -2.28. The molecule has 1 atom stereocenters. The third-order valence-electron chi connectivity index (χ3n) is 5.15. The highest BCUT2D eigenvalue weighted by atomic mass is 32.2. The van der Waals surface area contributed by atoms with Gasteiger partial charge in [-0.3, -0.25) is 4.79 Å². The van der Waals surface area contributed by atoms with Crippen LogP contribution in [0.3, 0.4) is 0 Å². The van der Waals surface area contributed by atoms with Crippen molar-refractivity contribution in [1.29, 1.82) is 0 Å². The smallest absolute Gasteiger partial charge is 0.230 e. The van der Waals surface area contributed by atoms with E-state index < -0.39 is 0 Å². The predicted octanol–water partition coefficient (Wildman–Crippen LogP) is 5.25. The Hall–Kier alpha value is -2.58. The topological polar surface area (TPSA) is 73.6 Å². The first-order chi connectivity index (χ1) is 15.5. The third kappa shape index (κ3) is 5.42. The molecule has 0 aliphatic carbocycles. The molecule has 1 aromatic heterocycles. The monoisotopic (exact) mass is 470 g/mol. The summed E-state index contributed by atoms with van der Waals surface area (Å²) in [5, 5.41) is 3.04. The standard InChI is InChI=1S/C24H26N2O4S2/c1-15(18-6-9-21-22(12-18)29-11-10-28-21)25-23(27)14-32-13-20-16(2)30-24(26-20)17-4-7-19(31-3)8-5-17/h4-9,12,15H,10-11,13-14H2,1-3H3,(H,25,27)/t15-/m1/s1. The first-order valence-corrected chi connectivity index (χ1v) is 12.8. The van der Waals surface area contributed by atoms with Crippen molar-refractivity contribution >= 4 is 29.4 Å². The van der Waals surface area contributed by atoms with E-state index in [1.54, 1.807) is 11.8 Å². The Morgan fingerprint density at radius 2 is 1.88 bits per heavy atom. The number of amides is 1. The fourth-order valence-electron chi connectivity index (χ4n) is 3.36. The van der Waals surface area contributed by atoms with Crippen LogP contribution in [0.2, 0.25) is 0 Å². The van der Waals surface area contributed by atoms with E-state index in [1.807, 2.05) is 50.4 Å². The number of rotatable bonds is 8. The van der Waals surface area contributed by atoms with E-state index in [0.717, 1.165) is 34.1 Å². The van der Waals surface area contributed by atoms with Crippen molar-refractivity contribution in [2.75, 3.05) is 25.2 Å². The number of carbonyl (C=O) groups excluding carboxylic acids is 1. The van der Waals surface area contributed by atoms with Crippen LogP contribution in [-0.4, -0.2) is 36.1 Å². The van der Waals surface area contributed by atoms with Crippen LogP contribution in [0.4, 0.5) is 0 Å². The van der Waals surface area contributed by atoms with Gasteiger partial charge in [0.05, 0.1) is 17.5 Å². The lowest BCUT2D eigenvalue weighted by Gasteiger charge is -2.21. The largest absolute Gasteiger partial charge is 0.486 e. The van der Waals surface area contributed by atoms with Crippen LogP contribution in [0.25, 0.3) is 11.5 Å². The van der Waals surface area contributed by atoms with Crippen molar-refractivity contribution in [2.24, 2.45) is 0 Å². The van der Waals surface area contributed by atoms with Gasteiger partial charge in [0.2, 0.25) is 11.8 Å². The number of nitrogens with zero attached hydrogens (tertiary/aromatic N) is 1. The number of oxazole rings is 1. The van der Waals surface area contributed by atoms with Gasteiger partial charge in [-0.05, 0) is 62.1 Å². The molecule has 32 heavy (non-hydrogen) atoms. The van der Waals surface area contributed by atoms with E-state index in [2.05, 4.69) is 22.4 Å². The number of carbonyl (C=O) groups is 1. The number of thioether (sulfide) groups is 2. The van der Waals surface area contributed by atoms with E-state index in [0.29, 0.717) is 30.6 Å². The first kappa shape index (κ1) is 22.6. The van der Waals surface area contributed by atoms with Crippen LogP contribution in [0, 0.1) is 6.92 Å². The Bertz CT molecular complexity index is 1080. The van der Waals surface area contributed by atoms with Crippen LogP contribution in [0.15, 0.2) is 51.8 Å². The highest BCUT2D eigenvalue weighted by Crippen LogP contribution is 2.32. The molecule has 0 saturated heterocycles. The highest BCUT2D eigenvalue weighted by Gasteiger charge is 2.17. The van der Waals surface area contributed by atoms with Gasteiger partial charge in [0.25, 0.3) is 0 Å². The number of fused-ring (bicyclic) bond motifs is 1. The summed E-state index contributed by atoms with van der Waals surface area (Å²) in [6, 6.07) is 13.8. The molecule has 1 aliphatic heterocycles. The number of nitrogens with one attached hydrogen (secondary N) is 1. The van der Waals surface area contributed by atoms with Crippen molar-refractivity contribution in [3.05, 3.63) is 59.5 Å². The van der Waals surface area contributed by atoms with E-state index in [1.165, 1.54) is 16.7 Å². The summed E-state index contributed by atoms with van der Waals surface area (Å²) in [5.74, 6) is 3.81. The molecular weight excluding hydrogens is 444 g/mol. The second-order valence-corrected chi connectivity index (χ2v) is 9.30. The van der Waals surface area contributed by atoms with Crippen molar-refractivity contribution in [3.8, 4) is 23.0 Å². The Morgan fingerprint density at radius 1 is 1.12 bits per heavy atom. The molecule has 6 nitrogen and oxygen atoms in total. The molecule has 1 aliphatic rings. The summed E-state index contributed by atoms with van der Waals surface area (Å²) >= 11 is 3.22. The summed E-state index contributed by atoms with van der Waals surface area (Å²) in [6.45, 7) is 4.98. The molecule has 0 radical (unpaired) electrons. The van der Waals surface area contributed by atoms with Crippen LogP contribution in [-0.2, 0) is 10.5 Å². The zero-order chi connectivity index (χ0) is 22.5. The minimum absolute atomic E-state index is 0.0218. The Kier molecular flexibility index (Phi) is 7.32. The average Bonchev–Trinajstić information content (AvgIpc) is 3.19. The molecular formula is C24H26N2O4S2. The Morgan fingerprint density at radius 3 is 2.62 bits per heavy atom. The van der Waals surface area contributed by atoms with Gasteiger partial charge in [0.1, 0.15) is 19.0 Å². The number of hydrogen-bond donors (Lipinski definition) is 1. The number of ether oxygens (including phenoxy) is 2. The molecule has 0 saturated carbocycles. The molecule has 1 N–H and O–H groups in total. The zero-order valence-corrected chi connectivity index (χ0v) is 20.0. The van der Waals surface area contributed by atoms with Crippen LogP contribution in [0.1, 0.15) is 30.0 Å². The summed E-state index contributed by atoms with van der Waals surface area (Å²) in [4.78, 5) is 18.3. The lowest BCUT2D eigenvalue weighted by atomic mass is 10.1. The number of aryl methyl sites for hydroxylation is 1. The van der Waals surface area contributed by atoms with E-state index in [4.69, 9.17) is 13.9 Å². The minimum atomic E-state index is -0.122.